The van der Waals surface area contributed by atoms with Crippen molar-refractivity contribution in [1.29, 1.82) is 0 Å². The lowest BCUT2D eigenvalue weighted by molar-refractivity contribution is 0.0730. The number of benzene rings is 3. The molecule has 8 heteroatoms. The van der Waals surface area contributed by atoms with Gasteiger partial charge in [-0.3, -0.25) is 9.52 Å². The highest BCUT2D eigenvalue weighted by atomic mass is 35.5. The smallest absolute Gasteiger partial charge is 0.263 e. The van der Waals surface area contributed by atoms with Crippen LogP contribution in [0.25, 0.3) is 0 Å². The van der Waals surface area contributed by atoms with Gasteiger partial charge in [-0.05, 0) is 54.3 Å². The fourth-order valence-electron chi connectivity index (χ4n) is 4.05. The Hall–Kier alpha value is -3.03. The fraction of sp³-hybridized carbons (Fsp3) is 0.208. The van der Waals surface area contributed by atoms with E-state index in [1.165, 1.54) is 24.8 Å². The third-order valence-electron chi connectivity index (χ3n) is 5.71. The summed E-state index contributed by atoms with van der Waals surface area (Å²) in [6, 6.07) is 19.0. The zero-order valence-electron chi connectivity index (χ0n) is 17.7. The van der Waals surface area contributed by atoms with Crippen LogP contribution in [0.1, 0.15) is 33.9 Å². The van der Waals surface area contributed by atoms with Gasteiger partial charge in [0.15, 0.2) is 0 Å². The van der Waals surface area contributed by atoms with E-state index in [-0.39, 0.29) is 33.1 Å². The molecule has 1 aliphatic rings. The van der Waals surface area contributed by atoms with Crippen molar-refractivity contribution in [2.45, 2.75) is 23.8 Å². The molecule has 3 aromatic carbocycles. The molecule has 0 bridgehead atoms. The van der Waals surface area contributed by atoms with Crippen LogP contribution >= 0.6 is 11.6 Å². The summed E-state index contributed by atoms with van der Waals surface area (Å²) in [4.78, 5) is 14.7. The number of nitrogens with one attached hydrogen (secondary N) is 1. The molecule has 0 heterocycles. The molecule has 1 N–H and O–H groups in total. The largest absolute Gasteiger partial charge is 0.495 e. The van der Waals surface area contributed by atoms with Gasteiger partial charge < -0.3 is 9.64 Å². The van der Waals surface area contributed by atoms with E-state index in [0.717, 1.165) is 18.4 Å². The number of carbonyl (C=O) groups excluding carboxylic acids is 1. The molecule has 0 fully saturated rings. The normalized spacial score (nSPS) is 15.2. The zero-order valence-corrected chi connectivity index (χ0v) is 19.3. The number of nitrogens with zero attached hydrogens (tertiary/aromatic N) is 1. The number of rotatable bonds is 6. The summed E-state index contributed by atoms with van der Waals surface area (Å²) < 4.78 is 33.9. The van der Waals surface area contributed by atoms with Crippen molar-refractivity contribution < 1.29 is 17.9 Å². The molecule has 0 spiro atoms. The Balaban J connectivity index is 1.63. The van der Waals surface area contributed by atoms with E-state index in [1.807, 2.05) is 18.2 Å². The molecule has 0 radical (unpaired) electrons. The topological polar surface area (TPSA) is 75.7 Å². The SMILES string of the molecule is COc1ccccc1NS(=O)(=O)c1cc(C(=O)N(C)C2CCc3ccccc32)ccc1Cl. The Kier molecular flexibility index (Phi) is 6.13. The predicted octanol–water partition coefficient (Wildman–Crippen LogP) is 4.91. The number of hydrogen-bond acceptors (Lipinski definition) is 4. The van der Waals surface area contributed by atoms with Crippen molar-refractivity contribution >= 4 is 33.2 Å². The van der Waals surface area contributed by atoms with E-state index in [2.05, 4.69) is 10.8 Å². The van der Waals surface area contributed by atoms with Gasteiger partial charge in [0.1, 0.15) is 10.6 Å². The first-order valence-electron chi connectivity index (χ1n) is 10.1. The first-order chi connectivity index (χ1) is 15.3. The van der Waals surface area contributed by atoms with Crippen LogP contribution in [0.4, 0.5) is 5.69 Å². The predicted molar refractivity (Wildman–Crippen MR) is 125 cm³/mol. The van der Waals surface area contributed by atoms with E-state index in [1.54, 1.807) is 42.3 Å². The number of halogens is 1. The van der Waals surface area contributed by atoms with Gasteiger partial charge in [0.05, 0.1) is 23.9 Å². The van der Waals surface area contributed by atoms with Crippen LogP contribution in [-0.2, 0) is 16.4 Å². The van der Waals surface area contributed by atoms with Crippen LogP contribution < -0.4 is 9.46 Å². The Morgan fingerprint density at radius 2 is 1.81 bits per heavy atom. The number of aryl methyl sites for hydroxylation is 1. The summed E-state index contributed by atoms with van der Waals surface area (Å²) >= 11 is 6.22. The molecular weight excluding hydrogens is 448 g/mol. The van der Waals surface area contributed by atoms with Gasteiger partial charge in [-0.2, -0.15) is 0 Å². The maximum absolute atomic E-state index is 13.2. The van der Waals surface area contributed by atoms with E-state index in [0.29, 0.717) is 5.75 Å². The molecule has 0 saturated carbocycles. The van der Waals surface area contributed by atoms with Crippen LogP contribution in [0.15, 0.2) is 71.6 Å². The van der Waals surface area contributed by atoms with Gasteiger partial charge in [-0.1, -0.05) is 48.0 Å². The second-order valence-electron chi connectivity index (χ2n) is 7.62. The fourth-order valence-corrected chi connectivity index (χ4v) is 5.65. The minimum absolute atomic E-state index is 0.0258. The Morgan fingerprint density at radius 1 is 1.09 bits per heavy atom. The average Bonchev–Trinajstić information content (AvgIpc) is 3.22. The minimum atomic E-state index is -4.06. The number of ether oxygens (including phenoxy) is 1. The monoisotopic (exact) mass is 470 g/mol. The number of para-hydroxylation sites is 2. The number of sulfonamides is 1. The maximum Gasteiger partial charge on any atom is 0.263 e. The molecule has 0 aromatic heterocycles. The lowest BCUT2D eigenvalue weighted by atomic mass is 10.1. The van der Waals surface area contributed by atoms with Gasteiger partial charge in [-0.15, -0.1) is 0 Å². The summed E-state index contributed by atoms with van der Waals surface area (Å²) in [5.41, 5.74) is 2.89. The molecule has 4 rings (SSSR count). The Labute approximate surface area is 192 Å². The molecule has 3 aromatic rings. The van der Waals surface area contributed by atoms with E-state index >= 15 is 0 Å². The van der Waals surface area contributed by atoms with Crippen LogP contribution in [0.2, 0.25) is 5.02 Å². The van der Waals surface area contributed by atoms with Crippen molar-refractivity contribution in [3.63, 3.8) is 0 Å². The second-order valence-corrected chi connectivity index (χ2v) is 9.68. The van der Waals surface area contributed by atoms with Gasteiger partial charge >= 0.3 is 0 Å². The number of carbonyl (C=O) groups is 1. The van der Waals surface area contributed by atoms with E-state index in [4.69, 9.17) is 16.3 Å². The average molecular weight is 471 g/mol. The molecule has 32 heavy (non-hydrogen) atoms. The molecule has 1 unspecified atom stereocenters. The zero-order chi connectivity index (χ0) is 22.9. The number of anilines is 1. The van der Waals surface area contributed by atoms with Gasteiger partial charge in [-0.25, -0.2) is 8.42 Å². The summed E-state index contributed by atoms with van der Waals surface area (Å²) in [6.45, 7) is 0. The lowest BCUT2D eigenvalue weighted by Crippen LogP contribution is -2.30. The van der Waals surface area contributed by atoms with Crippen molar-refractivity contribution in [2.75, 3.05) is 18.9 Å². The Morgan fingerprint density at radius 3 is 2.59 bits per heavy atom. The molecule has 0 aliphatic heterocycles. The molecule has 1 atom stereocenters. The quantitative estimate of drug-likeness (QED) is 0.555. The molecule has 6 nitrogen and oxygen atoms in total. The Bertz CT molecular complexity index is 1280. The van der Waals surface area contributed by atoms with Gasteiger partial charge in [0.2, 0.25) is 0 Å². The van der Waals surface area contributed by atoms with Crippen LogP contribution in [-0.4, -0.2) is 33.4 Å². The molecule has 166 valence electrons. The molecular formula is C24H23ClN2O4S. The minimum Gasteiger partial charge on any atom is -0.495 e. The van der Waals surface area contributed by atoms with Gasteiger partial charge in [0.25, 0.3) is 15.9 Å². The summed E-state index contributed by atoms with van der Waals surface area (Å²) in [5, 5.41) is 0.0258. The summed E-state index contributed by atoms with van der Waals surface area (Å²) in [7, 11) is -0.863. The third kappa shape index (κ3) is 4.18. The van der Waals surface area contributed by atoms with Crippen molar-refractivity contribution in [2.24, 2.45) is 0 Å². The van der Waals surface area contributed by atoms with Crippen LogP contribution in [0.3, 0.4) is 0 Å². The highest BCUT2D eigenvalue weighted by molar-refractivity contribution is 7.92. The van der Waals surface area contributed by atoms with Gasteiger partial charge in [0, 0.05) is 12.6 Å². The standard InChI is InChI=1S/C24H23ClN2O4S/c1-27(21-14-12-16-7-3-4-8-18(16)21)24(28)17-11-13-19(25)23(15-17)32(29,30)26-20-9-5-6-10-22(20)31-2/h3-11,13,15,21,26H,12,14H2,1-2H3. The lowest BCUT2D eigenvalue weighted by Gasteiger charge is -2.26. The third-order valence-corrected chi connectivity index (χ3v) is 7.56. The van der Waals surface area contributed by atoms with Crippen LogP contribution in [0.5, 0.6) is 5.75 Å². The molecule has 0 saturated heterocycles. The number of fused-ring (bicyclic) bond motifs is 1. The first kappa shape index (κ1) is 22.2. The number of hydrogen-bond donors (Lipinski definition) is 1. The maximum atomic E-state index is 13.2. The highest BCUT2D eigenvalue weighted by Gasteiger charge is 2.30. The second kappa shape index (κ2) is 8.84. The van der Waals surface area contributed by atoms with Crippen molar-refractivity contribution in [3.05, 3.63) is 88.4 Å². The van der Waals surface area contributed by atoms with Crippen molar-refractivity contribution in [3.8, 4) is 5.75 Å². The molecule has 1 aliphatic carbocycles. The first-order valence-corrected chi connectivity index (χ1v) is 12.0. The summed E-state index contributed by atoms with van der Waals surface area (Å²) in [6.07, 6.45) is 1.73. The number of amides is 1. The highest BCUT2D eigenvalue weighted by Crippen LogP contribution is 2.36. The number of methoxy groups -OCH3 is 1. The van der Waals surface area contributed by atoms with Crippen LogP contribution in [0, 0.1) is 0 Å². The van der Waals surface area contributed by atoms with Crippen molar-refractivity contribution in [1.82, 2.24) is 4.90 Å². The molecule has 1 amide bonds. The summed E-state index contributed by atoms with van der Waals surface area (Å²) in [5.74, 6) is 0.108. The van der Waals surface area contributed by atoms with E-state index in [9.17, 15) is 13.2 Å². The van der Waals surface area contributed by atoms with E-state index < -0.39 is 10.0 Å².